The summed E-state index contributed by atoms with van der Waals surface area (Å²) in [5.74, 6) is 5.28. The van der Waals surface area contributed by atoms with Gasteiger partial charge in [-0.15, -0.1) is 0 Å². The molecule has 0 atom stereocenters. The van der Waals surface area contributed by atoms with Crippen molar-refractivity contribution in [3.8, 4) is 0 Å². The van der Waals surface area contributed by atoms with E-state index >= 15 is 0 Å². The van der Waals surface area contributed by atoms with Crippen molar-refractivity contribution in [2.24, 2.45) is 0 Å². The fourth-order valence-electron chi connectivity index (χ4n) is 1.98. The van der Waals surface area contributed by atoms with Gasteiger partial charge in [0.15, 0.2) is 0 Å². The van der Waals surface area contributed by atoms with Crippen LogP contribution in [-0.4, -0.2) is 13.0 Å². The van der Waals surface area contributed by atoms with Crippen molar-refractivity contribution in [2.45, 2.75) is 25.7 Å². The topological polar surface area (TPSA) is 87.1 Å². The van der Waals surface area contributed by atoms with E-state index in [4.69, 9.17) is 17.4 Å². The Hall–Kier alpha value is -1.63. The van der Waals surface area contributed by atoms with Crippen LogP contribution in [0.1, 0.15) is 16.7 Å². The van der Waals surface area contributed by atoms with E-state index in [0.29, 0.717) is 16.1 Å². The number of halogens is 1. The summed E-state index contributed by atoms with van der Waals surface area (Å²) in [5.41, 5.74) is 2.00. The first kappa shape index (κ1) is 17.4. The number of hydrogen-bond acceptors (Lipinski definition) is 4. The zero-order valence-electron chi connectivity index (χ0n) is 12.0. The molecule has 5 nitrogen and oxygen atoms in total. The minimum Gasteiger partial charge on any atom is -0.744 e. The average molecular weight is 329 g/mol. The van der Waals surface area contributed by atoms with Crippen molar-refractivity contribution in [2.75, 3.05) is 5.84 Å². The standard InChI is InChI=1S/C9H12O3S.C5H6ClN2/c1-6-4-7(2)9(8(3)5-6)13(10,11)12;6-5-1-3-8(7)4-2-5/h4-5H,1-3H3,(H,10,11,12);1-4H,7H2/q;+1/p-1. The Balaban J connectivity index is 0.000000235. The molecule has 0 fully saturated rings. The molecular weight excluding hydrogens is 312 g/mol. The molecule has 0 bridgehead atoms. The first-order valence-electron chi connectivity index (χ1n) is 6.07. The van der Waals surface area contributed by atoms with Gasteiger partial charge in [0.1, 0.15) is 10.1 Å². The Labute approximate surface area is 129 Å². The van der Waals surface area contributed by atoms with Crippen molar-refractivity contribution >= 4 is 21.7 Å². The van der Waals surface area contributed by atoms with Crippen molar-refractivity contribution < 1.29 is 17.6 Å². The fraction of sp³-hybridized carbons (Fsp3) is 0.214. The highest BCUT2D eigenvalue weighted by atomic mass is 35.5. The van der Waals surface area contributed by atoms with Crippen molar-refractivity contribution in [1.82, 2.24) is 0 Å². The van der Waals surface area contributed by atoms with Gasteiger partial charge in [-0.2, -0.15) is 0 Å². The SMILES string of the molecule is Cc1cc(C)c(S(=O)(=O)[O-])c(C)c1.N[n+]1ccc(Cl)cc1. The lowest BCUT2D eigenvalue weighted by molar-refractivity contribution is -0.638. The van der Waals surface area contributed by atoms with Crippen LogP contribution < -0.4 is 10.5 Å². The smallest absolute Gasteiger partial charge is 0.200 e. The number of nitrogens with zero attached hydrogens (tertiary/aromatic N) is 1. The Morgan fingerprint density at radius 2 is 1.52 bits per heavy atom. The number of pyridine rings is 1. The molecule has 0 radical (unpaired) electrons. The zero-order chi connectivity index (χ0) is 16.2. The first-order valence-corrected chi connectivity index (χ1v) is 7.85. The number of hydrogen-bond donors (Lipinski definition) is 1. The van der Waals surface area contributed by atoms with Crippen LogP contribution in [0.2, 0.25) is 5.02 Å². The predicted octanol–water partition coefficient (Wildman–Crippen LogP) is 1.86. The molecule has 0 unspecified atom stereocenters. The van der Waals surface area contributed by atoms with Crippen LogP contribution in [0, 0.1) is 20.8 Å². The summed E-state index contributed by atoms with van der Waals surface area (Å²) in [6, 6.07) is 6.83. The second kappa shape index (κ2) is 6.89. The van der Waals surface area contributed by atoms with Gasteiger partial charge in [-0.3, -0.25) is 0 Å². The molecule has 2 rings (SSSR count). The van der Waals surface area contributed by atoms with Gasteiger partial charge in [0, 0.05) is 12.1 Å². The minimum absolute atomic E-state index is 0.0851. The van der Waals surface area contributed by atoms with Crippen molar-refractivity contribution in [3.63, 3.8) is 0 Å². The molecule has 0 aliphatic heterocycles. The third-order valence-electron chi connectivity index (χ3n) is 2.67. The van der Waals surface area contributed by atoms with Crippen molar-refractivity contribution in [1.29, 1.82) is 0 Å². The van der Waals surface area contributed by atoms with Crippen LogP contribution in [-0.2, 0) is 10.1 Å². The second-order valence-electron chi connectivity index (χ2n) is 4.65. The van der Waals surface area contributed by atoms with Gasteiger partial charge in [0.25, 0.3) is 0 Å². The third kappa shape index (κ3) is 5.34. The molecule has 0 aliphatic carbocycles. The molecule has 1 heterocycles. The normalized spacial score (nSPS) is 10.7. The molecule has 2 N–H and O–H groups in total. The van der Waals surface area contributed by atoms with Gasteiger partial charge < -0.3 is 4.55 Å². The third-order valence-corrected chi connectivity index (χ3v) is 4.06. The molecule has 1 aromatic carbocycles. The van der Waals surface area contributed by atoms with E-state index in [0.717, 1.165) is 5.56 Å². The number of aromatic nitrogens is 1. The summed E-state index contributed by atoms with van der Waals surface area (Å²) >= 11 is 5.54. The van der Waals surface area contributed by atoms with Gasteiger partial charge in [-0.25, -0.2) is 14.3 Å². The maximum Gasteiger partial charge on any atom is 0.200 e. The molecule has 0 saturated carbocycles. The fourth-order valence-corrected chi connectivity index (χ4v) is 3.00. The van der Waals surface area contributed by atoms with Crippen LogP contribution in [0.5, 0.6) is 0 Å². The van der Waals surface area contributed by atoms with E-state index in [-0.39, 0.29) is 4.90 Å². The number of rotatable bonds is 1. The predicted molar refractivity (Wildman–Crippen MR) is 80.4 cm³/mol. The lowest BCUT2D eigenvalue weighted by Gasteiger charge is -2.14. The maximum absolute atomic E-state index is 10.8. The van der Waals surface area contributed by atoms with Gasteiger partial charge in [0.05, 0.1) is 9.92 Å². The van der Waals surface area contributed by atoms with E-state index in [1.54, 1.807) is 50.5 Å². The molecule has 0 aliphatic rings. The summed E-state index contributed by atoms with van der Waals surface area (Å²) in [6.45, 7) is 5.12. The highest BCUT2D eigenvalue weighted by Crippen LogP contribution is 2.20. The Morgan fingerprint density at radius 1 is 1.10 bits per heavy atom. The Bertz CT molecular complexity index is 684. The highest BCUT2D eigenvalue weighted by molar-refractivity contribution is 7.85. The minimum atomic E-state index is -4.33. The Kier molecular flexibility index (Phi) is 5.71. The molecular formula is C14H17ClN2O3S. The van der Waals surface area contributed by atoms with Crippen LogP contribution in [0.3, 0.4) is 0 Å². The molecule has 7 heteroatoms. The summed E-state index contributed by atoms with van der Waals surface area (Å²) in [6.07, 6.45) is 3.37. The van der Waals surface area contributed by atoms with E-state index in [1.807, 2.05) is 6.92 Å². The molecule has 2 aromatic rings. The second-order valence-corrected chi connectivity index (χ2v) is 6.40. The number of nitrogens with two attached hydrogens (primary N) is 1. The summed E-state index contributed by atoms with van der Waals surface area (Å²) in [5, 5.41) is 0.701. The number of aryl methyl sites for hydroxylation is 3. The van der Waals surface area contributed by atoms with Crippen LogP contribution in [0.25, 0.3) is 0 Å². The lowest BCUT2D eigenvalue weighted by Crippen LogP contribution is -2.42. The van der Waals surface area contributed by atoms with Crippen molar-refractivity contribution in [3.05, 3.63) is 58.4 Å². The van der Waals surface area contributed by atoms with Gasteiger partial charge in [0.2, 0.25) is 12.4 Å². The maximum atomic E-state index is 10.8. The number of benzene rings is 1. The largest absolute Gasteiger partial charge is 0.744 e. The molecule has 0 saturated heterocycles. The molecule has 0 spiro atoms. The summed E-state index contributed by atoms with van der Waals surface area (Å²) in [4.78, 5) is -0.0851. The Morgan fingerprint density at radius 3 is 1.86 bits per heavy atom. The van der Waals surface area contributed by atoms with Gasteiger partial charge >= 0.3 is 0 Å². The van der Waals surface area contributed by atoms with E-state index in [9.17, 15) is 13.0 Å². The first-order chi connectivity index (χ1) is 9.61. The number of nitrogen functional groups attached to an aromatic ring is 1. The average Bonchev–Trinajstić information content (AvgIpc) is 2.30. The molecule has 0 amide bonds. The van der Waals surface area contributed by atoms with E-state index in [2.05, 4.69) is 0 Å². The summed E-state index contributed by atoms with van der Waals surface area (Å²) < 4.78 is 33.9. The van der Waals surface area contributed by atoms with Crippen LogP contribution >= 0.6 is 11.6 Å². The highest BCUT2D eigenvalue weighted by Gasteiger charge is 2.09. The lowest BCUT2D eigenvalue weighted by atomic mass is 10.1. The zero-order valence-corrected chi connectivity index (χ0v) is 13.6. The van der Waals surface area contributed by atoms with E-state index < -0.39 is 10.1 Å². The van der Waals surface area contributed by atoms with Crippen LogP contribution in [0.4, 0.5) is 0 Å². The van der Waals surface area contributed by atoms with E-state index in [1.165, 1.54) is 4.68 Å². The van der Waals surface area contributed by atoms with Crippen LogP contribution in [0.15, 0.2) is 41.6 Å². The van der Waals surface area contributed by atoms with Gasteiger partial charge in [-0.1, -0.05) is 34.0 Å². The monoisotopic (exact) mass is 328 g/mol. The quantitative estimate of drug-likeness (QED) is 0.491. The molecule has 1 aromatic heterocycles. The molecule has 114 valence electrons. The summed E-state index contributed by atoms with van der Waals surface area (Å²) in [7, 11) is -4.33. The molecule has 21 heavy (non-hydrogen) atoms. The van der Waals surface area contributed by atoms with Gasteiger partial charge in [-0.05, 0) is 31.9 Å².